The standard InChI is InChI=1S/C20H20FN5O2S/c1-3-22-19(28)23-18(27)13(2)29-20-25-24-17(14-9-11-15(21)12-10-14)26(20)16-7-5-4-6-8-16/h4-13H,3H2,1-2H3,(H2,22,23,27,28)/t13-/m1/s1. The predicted molar refractivity (Wildman–Crippen MR) is 109 cm³/mol. The Morgan fingerprint density at radius 1 is 1.10 bits per heavy atom. The van der Waals surface area contributed by atoms with Gasteiger partial charge in [0.15, 0.2) is 11.0 Å². The fourth-order valence-corrected chi connectivity index (χ4v) is 3.44. The Balaban J connectivity index is 1.92. The smallest absolute Gasteiger partial charge is 0.321 e. The van der Waals surface area contributed by atoms with Crippen molar-refractivity contribution in [2.24, 2.45) is 0 Å². The van der Waals surface area contributed by atoms with Crippen LogP contribution in [-0.4, -0.2) is 38.5 Å². The summed E-state index contributed by atoms with van der Waals surface area (Å²) in [6.07, 6.45) is 0. The van der Waals surface area contributed by atoms with Gasteiger partial charge in [0.2, 0.25) is 5.91 Å². The minimum atomic E-state index is -0.592. The van der Waals surface area contributed by atoms with Gasteiger partial charge in [-0.05, 0) is 50.2 Å². The van der Waals surface area contributed by atoms with E-state index in [1.54, 1.807) is 30.5 Å². The van der Waals surface area contributed by atoms with E-state index in [1.165, 1.54) is 23.9 Å². The number of hydrogen-bond acceptors (Lipinski definition) is 5. The largest absolute Gasteiger partial charge is 0.338 e. The summed E-state index contributed by atoms with van der Waals surface area (Å²) >= 11 is 1.18. The van der Waals surface area contributed by atoms with E-state index in [-0.39, 0.29) is 5.82 Å². The molecular formula is C20H20FN5O2S. The number of nitrogens with zero attached hydrogens (tertiary/aromatic N) is 3. The zero-order chi connectivity index (χ0) is 20.8. The monoisotopic (exact) mass is 413 g/mol. The second-order valence-electron chi connectivity index (χ2n) is 6.09. The molecule has 2 aromatic carbocycles. The van der Waals surface area contributed by atoms with E-state index in [4.69, 9.17) is 0 Å². The Labute approximate surface area is 171 Å². The van der Waals surface area contributed by atoms with Gasteiger partial charge in [0.05, 0.1) is 5.25 Å². The van der Waals surface area contributed by atoms with Crippen LogP contribution in [0, 0.1) is 5.82 Å². The van der Waals surface area contributed by atoms with Crippen LogP contribution in [0.2, 0.25) is 0 Å². The number of amides is 3. The summed E-state index contributed by atoms with van der Waals surface area (Å²) in [5.41, 5.74) is 1.49. The van der Waals surface area contributed by atoms with Crippen molar-refractivity contribution in [3.8, 4) is 17.1 Å². The second kappa shape index (κ2) is 9.33. The molecule has 1 heterocycles. The number of aromatic nitrogens is 3. The molecule has 0 aliphatic rings. The molecule has 1 aromatic heterocycles. The number of urea groups is 1. The van der Waals surface area contributed by atoms with Crippen LogP contribution in [0.4, 0.5) is 9.18 Å². The molecule has 2 N–H and O–H groups in total. The van der Waals surface area contributed by atoms with E-state index in [0.717, 1.165) is 5.69 Å². The maximum absolute atomic E-state index is 13.3. The van der Waals surface area contributed by atoms with Gasteiger partial charge in [-0.1, -0.05) is 30.0 Å². The van der Waals surface area contributed by atoms with Crippen molar-refractivity contribution in [3.05, 3.63) is 60.4 Å². The van der Waals surface area contributed by atoms with Gasteiger partial charge in [-0.2, -0.15) is 0 Å². The second-order valence-corrected chi connectivity index (χ2v) is 7.40. The van der Waals surface area contributed by atoms with Crippen LogP contribution in [0.1, 0.15) is 13.8 Å². The first kappa shape index (κ1) is 20.5. The highest BCUT2D eigenvalue weighted by Gasteiger charge is 2.22. The highest BCUT2D eigenvalue weighted by Crippen LogP contribution is 2.30. The van der Waals surface area contributed by atoms with Crippen LogP contribution in [0.5, 0.6) is 0 Å². The predicted octanol–water partition coefficient (Wildman–Crippen LogP) is 3.40. The number of carbonyl (C=O) groups excluding carboxylic acids is 2. The van der Waals surface area contributed by atoms with E-state index in [2.05, 4.69) is 20.8 Å². The van der Waals surface area contributed by atoms with Crippen LogP contribution in [0.15, 0.2) is 59.8 Å². The molecule has 3 aromatic rings. The maximum atomic E-state index is 13.3. The Morgan fingerprint density at radius 3 is 2.45 bits per heavy atom. The van der Waals surface area contributed by atoms with Gasteiger partial charge in [0, 0.05) is 17.8 Å². The Hall–Kier alpha value is -3.20. The molecular weight excluding hydrogens is 393 g/mol. The first-order valence-corrected chi connectivity index (χ1v) is 9.89. The average molecular weight is 413 g/mol. The van der Waals surface area contributed by atoms with Gasteiger partial charge in [-0.3, -0.25) is 14.7 Å². The summed E-state index contributed by atoms with van der Waals surface area (Å²) in [5, 5.41) is 13.2. The van der Waals surface area contributed by atoms with Crippen molar-refractivity contribution in [1.82, 2.24) is 25.4 Å². The number of nitrogens with one attached hydrogen (secondary N) is 2. The zero-order valence-corrected chi connectivity index (χ0v) is 16.7. The molecule has 29 heavy (non-hydrogen) atoms. The van der Waals surface area contributed by atoms with Crippen molar-refractivity contribution in [2.75, 3.05) is 6.54 Å². The molecule has 0 saturated carbocycles. The lowest BCUT2D eigenvalue weighted by Crippen LogP contribution is -2.42. The molecule has 0 aliphatic heterocycles. The van der Waals surface area contributed by atoms with Crippen molar-refractivity contribution in [3.63, 3.8) is 0 Å². The number of thioether (sulfide) groups is 1. The molecule has 0 fully saturated rings. The number of para-hydroxylation sites is 1. The molecule has 3 rings (SSSR count). The van der Waals surface area contributed by atoms with Crippen molar-refractivity contribution in [2.45, 2.75) is 24.3 Å². The van der Waals surface area contributed by atoms with Gasteiger partial charge in [-0.15, -0.1) is 10.2 Å². The van der Waals surface area contributed by atoms with Crippen LogP contribution in [-0.2, 0) is 4.79 Å². The molecule has 0 spiro atoms. The van der Waals surface area contributed by atoms with E-state index >= 15 is 0 Å². The summed E-state index contributed by atoms with van der Waals surface area (Å²) in [6.45, 7) is 3.87. The number of halogens is 1. The van der Waals surface area contributed by atoms with Gasteiger partial charge in [0.25, 0.3) is 0 Å². The number of rotatable bonds is 6. The lowest BCUT2D eigenvalue weighted by molar-refractivity contribution is -0.119. The topological polar surface area (TPSA) is 88.9 Å². The fourth-order valence-electron chi connectivity index (χ4n) is 2.57. The molecule has 0 radical (unpaired) electrons. The summed E-state index contributed by atoms with van der Waals surface area (Å²) in [5.74, 6) is -0.258. The van der Waals surface area contributed by atoms with E-state index in [9.17, 15) is 14.0 Å². The Morgan fingerprint density at radius 2 is 1.79 bits per heavy atom. The Bertz CT molecular complexity index is 992. The van der Waals surface area contributed by atoms with Gasteiger partial charge in [-0.25, -0.2) is 9.18 Å². The van der Waals surface area contributed by atoms with E-state index < -0.39 is 17.2 Å². The molecule has 1 atom stereocenters. The minimum Gasteiger partial charge on any atom is -0.338 e. The SMILES string of the molecule is CCNC(=O)NC(=O)[C@@H](C)Sc1nnc(-c2ccc(F)cc2)n1-c1ccccc1. The van der Waals surface area contributed by atoms with Crippen LogP contribution >= 0.6 is 11.8 Å². The number of carbonyl (C=O) groups is 2. The number of hydrogen-bond donors (Lipinski definition) is 2. The van der Waals surface area contributed by atoms with E-state index in [0.29, 0.717) is 23.1 Å². The lowest BCUT2D eigenvalue weighted by Gasteiger charge is -2.13. The summed E-state index contributed by atoms with van der Waals surface area (Å²) in [6, 6.07) is 14.8. The average Bonchev–Trinajstić information content (AvgIpc) is 3.12. The summed E-state index contributed by atoms with van der Waals surface area (Å²) in [4.78, 5) is 23.9. The van der Waals surface area contributed by atoms with Gasteiger partial charge < -0.3 is 5.32 Å². The first-order valence-electron chi connectivity index (χ1n) is 9.01. The quantitative estimate of drug-likeness (QED) is 0.605. The number of imide groups is 1. The molecule has 150 valence electrons. The normalized spacial score (nSPS) is 11.7. The first-order chi connectivity index (χ1) is 14.0. The maximum Gasteiger partial charge on any atom is 0.321 e. The molecule has 0 bridgehead atoms. The van der Waals surface area contributed by atoms with Crippen LogP contribution in [0.3, 0.4) is 0 Å². The third kappa shape index (κ3) is 5.00. The summed E-state index contributed by atoms with van der Waals surface area (Å²) in [7, 11) is 0. The summed E-state index contributed by atoms with van der Waals surface area (Å²) < 4.78 is 15.1. The van der Waals surface area contributed by atoms with Crippen molar-refractivity contribution in [1.29, 1.82) is 0 Å². The molecule has 7 nitrogen and oxygen atoms in total. The Kier molecular flexibility index (Phi) is 6.61. The van der Waals surface area contributed by atoms with Crippen LogP contribution in [0.25, 0.3) is 17.1 Å². The van der Waals surface area contributed by atoms with Crippen molar-refractivity contribution < 1.29 is 14.0 Å². The highest BCUT2D eigenvalue weighted by molar-refractivity contribution is 8.00. The molecule has 3 amide bonds. The minimum absolute atomic E-state index is 0.343. The number of benzene rings is 2. The van der Waals surface area contributed by atoms with Crippen LogP contribution < -0.4 is 10.6 Å². The highest BCUT2D eigenvalue weighted by atomic mass is 32.2. The molecule has 0 saturated heterocycles. The fraction of sp³-hybridized carbons (Fsp3) is 0.200. The molecule has 9 heteroatoms. The lowest BCUT2D eigenvalue weighted by atomic mass is 10.2. The van der Waals surface area contributed by atoms with Crippen molar-refractivity contribution >= 4 is 23.7 Å². The molecule has 0 aliphatic carbocycles. The third-order valence-electron chi connectivity index (χ3n) is 3.98. The van der Waals surface area contributed by atoms with E-state index in [1.807, 2.05) is 30.3 Å². The van der Waals surface area contributed by atoms with Gasteiger partial charge in [0.1, 0.15) is 5.82 Å². The zero-order valence-electron chi connectivity index (χ0n) is 15.9. The molecule has 0 unspecified atom stereocenters. The third-order valence-corrected chi connectivity index (χ3v) is 5.02. The van der Waals surface area contributed by atoms with Gasteiger partial charge >= 0.3 is 6.03 Å².